The first-order valence-corrected chi connectivity index (χ1v) is 8.64. The van der Waals surface area contributed by atoms with Crippen LogP contribution in [0.15, 0.2) is 24.3 Å². The number of aliphatic hydroxyl groups is 1. The fourth-order valence-electron chi connectivity index (χ4n) is 3.40. The summed E-state index contributed by atoms with van der Waals surface area (Å²) in [6.45, 7) is 3.41. The van der Waals surface area contributed by atoms with Crippen molar-refractivity contribution in [2.45, 2.75) is 36.1 Å². The summed E-state index contributed by atoms with van der Waals surface area (Å²) >= 11 is 1.26. The Bertz CT molecular complexity index is 737. The molecule has 26 heavy (non-hydrogen) atoms. The van der Waals surface area contributed by atoms with E-state index in [1.165, 1.54) is 35.9 Å². The predicted molar refractivity (Wildman–Crippen MR) is 87.9 cm³/mol. The molecule has 0 radical (unpaired) electrons. The number of aliphatic hydroxyl groups excluding tert-OH is 1. The van der Waals surface area contributed by atoms with Crippen LogP contribution in [-0.2, 0) is 9.59 Å². The number of amides is 1. The first kappa shape index (κ1) is 21.9. The molecule has 0 aromatic heterocycles. The van der Waals surface area contributed by atoms with Crippen LogP contribution in [0.1, 0.15) is 24.2 Å². The third kappa shape index (κ3) is 3.50. The Morgan fingerprint density at radius 1 is 1.31 bits per heavy atom. The molecule has 1 amide bonds. The molecule has 2 fully saturated rings. The molecular weight excluding hydrogens is 385 g/mol. The Kier molecular flexibility index (Phi) is 6.65. The van der Waals surface area contributed by atoms with E-state index in [1.807, 2.05) is 0 Å². The Balaban J connectivity index is 0.00000243. The number of carbonyl (C=O) groups excluding carboxylic acids is 3. The quantitative estimate of drug-likeness (QED) is 0.311. The number of β-lactam (4-membered cyclic amide) rings is 1. The minimum absolute atomic E-state index is 0. The third-order valence-electron chi connectivity index (χ3n) is 4.69. The number of aliphatic carboxylic acids is 1. The van der Waals surface area contributed by atoms with Crippen LogP contribution in [0.5, 0.6) is 5.75 Å². The summed E-state index contributed by atoms with van der Waals surface area (Å²) in [7, 11) is 1.50. The summed E-state index contributed by atoms with van der Waals surface area (Å²) in [6, 6.07) is 5.14. The van der Waals surface area contributed by atoms with Crippen molar-refractivity contribution in [1.29, 1.82) is 0 Å². The minimum atomic E-state index is -1.52. The van der Waals surface area contributed by atoms with Crippen LogP contribution < -0.4 is 61.2 Å². The Morgan fingerprint density at radius 2 is 1.88 bits per heavy atom. The number of rotatable bonds is 5. The zero-order valence-electron chi connectivity index (χ0n) is 15.0. The van der Waals surface area contributed by atoms with Gasteiger partial charge >= 0.3 is 51.4 Å². The van der Waals surface area contributed by atoms with Crippen molar-refractivity contribution in [2.24, 2.45) is 5.92 Å². The largest absolute Gasteiger partial charge is 1.00 e. The molecule has 4 atom stereocenters. The molecule has 1 unspecified atom stereocenters. The van der Waals surface area contributed by atoms with Crippen LogP contribution in [0.3, 0.4) is 0 Å². The molecule has 0 saturated carbocycles. The van der Waals surface area contributed by atoms with Gasteiger partial charge in [-0.1, -0.05) is 0 Å². The molecular formula is C17H18KNO6S. The number of methoxy groups -OCH3 is 1. The van der Waals surface area contributed by atoms with Crippen molar-refractivity contribution in [1.82, 2.24) is 4.90 Å². The average Bonchev–Trinajstić information content (AvgIpc) is 2.82. The van der Waals surface area contributed by atoms with Crippen molar-refractivity contribution in [3.05, 3.63) is 29.8 Å². The number of ether oxygens (including phenoxy) is 1. The van der Waals surface area contributed by atoms with Gasteiger partial charge in [-0.3, -0.25) is 9.59 Å². The average molecular weight is 403 g/mol. The number of carbonyl (C=O) groups is 3. The van der Waals surface area contributed by atoms with Gasteiger partial charge in [0.1, 0.15) is 17.8 Å². The molecule has 1 aromatic rings. The van der Waals surface area contributed by atoms with Crippen LogP contribution in [0.25, 0.3) is 0 Å². The third-order valence-corrected chi connectivity index (χ3v) is 6.28. The summed E-state index contributed by atoms with van der Waals surface area (Å²) in [5.74, 6) is -2.82. The van der Waals surface area contributed by atoms with Gasteiger partial charge in [0.2, 0.25) is 5.91 Å². The number of hydrogen-bond acceptors (Lipinski definition) is 7. The predicted octanol–water partition coefficient (Wildman–Crippen LogP) is -3.33. The normalized spacial score (nSPS) is 27.0. The maximum absolute atomic E-state index is 12.5. The number of ketones is 1. The number of fused-ring (bicyclic) bond motifs is 1. The van der Waals surface area contributed by atoms with E-state index in [0.717, 1.165) is 0 Å². The molecule has 7 nitrogen and oxygen atoms in total. The topological polar surface area (TPSA) is 107 Å². The van der Waals surface area contributed by atoms with Gasteiger partial charge < -0.3 is 24.6 Å². The maximum Gasteiger partial charge on any atom is 1.00 e. The zero-order valence-corrected chi connectivity index (χ0v) is 18.9. The number of benzene rings is 1. The number of carboxylic acids is 1. The van der Waals surface area contributed by atoms with Crippen molar-refractivity contribution < 1.29 is 80.7 Å². The van der Waals surface area contributed by atoms with E-state index in [4.69, 9.17) is 4.74 Å². The summed E-state index contributed by atoms with van der Waals surface area (Å²) in [4.78, 5) is 37.5. The number of nitrogens with zero attached hydrogens (tertiary/aromatic N) is 1. The van der Waals surface area contributed by atoms with Crippen LogP contribution in [0.4, 0.5) is 0 Å². The summed E-state index contributed by atoms with van der Waals surface area (Å²) < 4.78 is 4.27. The fourth-order valence-corrected chi connectivity index (χ4v) is 5.11. The standard InChI is InChI=1S/C17H19NO6S.K/c1-17(2)13(16(22)23)18-14(21)10(15(18)25-17)12(20)11(19)8-4-6-9(24-3)7-5-8;/h4-7,10,12-13,15,20H,1-3H3,(H,22,23);/q;+1/p-1/t10-,12?,13+,15-;/m1./s1. The van der Waals surface area contributed by atoms with Crippen LogP contribution in [-0.4, -0.2) is 57.0 Å². The van der Waals surface area contributed by atoms with Crippen LogP contribution >= 0.6 is 11.8 Å². The van der Waals surface area contributed by atoms with Gasteiger partial charge in [-0.05, 0) is 38.1 Å². The Morgan fingerprint density at radius 3 is 2.38 bits per heavy atom. The second-order valence-corrected chi connectivity index (χ2v) is 8.41. The smallest absolute Gasteiger partial charge is 0.548 e. The molecule has 134 valence electrons. The van der Waals surface area contributed by atoms with Gasteiger partial charge in [0.15, 0.2) is 5.78 Å². The van der Waals surface area contributed by atoms with E-state index >= 15 is 0 Å². The van der Waals surface area contributed by atoms with Gasteiger partial charge in [0, 0.05) is 10.3 Å². The molecule has 2 heterocycles. The Hall–Kier alpha value is -0.424. The van der Waals surface area contributed by atoms with Gasteiger partial charge in [-0.15, -0.1) is 11.8 Å². The molecule has 0 bridgehead atoms. The van der Waals surface area contributed by atoms with Gasteiger partial charge in [-0.25, -0.2) is 0 Å². The van der Waals surface area contributed by atoms with Gasteiger partial charge in [-0.2, -0.15) is 0 Å². The van der Waals surface area contributed by atoms with E-state index in [0.29, 0.717) is 5.75 Å². The van der Waals surface area contributed by atoms with E-state index in [9.17, 15) is 24.6 Å². The first-order chi connectivity index (χ1) is 11.7. The number of hydrogen-bond donors (Lipinski definition) is 1. The fraction of sp³-hybridized carbons (Fsp3) is 0.471. The van der Waals surface area contributed by atoms with Crippen molar-refractivity contribution in [3.8, 4) is 5.75 Å². The second-order valence-electron chi connectivity index (χ2n) is 6.64. The van der Waals surface area contributed by atoms with Crippen LogP contribution in [0, 0.1) is 5.92 Å². The zero-order chi connectivity index (χ0) is 18.5. The summed E-state index contributed by atoms with van der Waals surface area (Å²) in [6.07, 6.45) is -1.52. The SMILES string of the molecule is COc1ccc(C(=O)C(O)[C@@H]2C(=O)N3[C@@H]2SC(C)(C)[C@@H]3C(=O)[O-])cc1.[K+]. The van der Waals surface area contributed by atoms with E-state index in [1.54, 1.807) is 26.0 Å². The number of Topliss-reactive ketones (excluding diaryl/α,β-unsaturated/α-hetero) is 1. The molecule has 9 heteroatoms. The molecule has 1 N–H and O–H groups in total. The first-order valence-electron chi connectivity index (χ1n) is 7.76. The number of carboxylic acid groups (broad SMARTS) is 1. The van der Waals surface area contributed by atoms with Gasteiger partial charge in [0.25, 0.3) is 0 Å². The van der Waals surface area contributed by atoms with Crippen LogP contribution in [0.2, 0.25) is 0 Å². The van der Waals surface area contributed by atoms with Crippen molar-refractivity contribution >= 4 is 29.4 Å². The van der Waals surface area contributed by atoms with Gasteiger partial charge in [0.05, 0.1) is 24.5 Å². The molecule has 2 aliphatic heterocycles. The second kappa shape index (κ2) is 7.90. The molecule has 2 aliphatic rings. The van der Waals surface area contributed by atoms with E-state index in [2.05, 4.69) is 0 Å². The minimum Gasteiger partial charge on any atom is -0.548 e. The molecule has 1 aromatic carbocycles. The molecule has 0 aliphatic carbocycles. The van der Waals surface area contributed by atoms with E-state index in [-0.39, 0.29) is 56.9 Å². The molecule has 2 saturated heterocycles. The summed E-state index contributed by atoms with van der Waals surface area (Å²) in [5, 5.41) is 21.3. The van der Waals surface area contributed by atoms with Crippen molar-refractivity contribution in [3.63, 3.8) is 0 Å². The molecule has 0 spiro atoms. The molecule has 3 rings (SSSR count). The van der Waals surface area contributed by atoms with Crippen molar-refractivity contribution in [2.75, 3.05) is 7.11 Å². The summed E-state index contributed by atoms with van der Waals surface area (Å²) in [5.41, 5.74) is 0.262. The monoisotopic (exact) mass is 403 g/mol. The number of thioether (sulfide) groups is 1. The van der Waals surface area contributed by atoms with E-state index < -0.39 is 45.8 Å². The Labute approximate surface area is 197 Å². The maximum atomic E-state index is 12.5.